The summed E-state index contributed by atoms with van der Waals surface area (Å²) in [5, 5.41) is 7.71. The lowest BCUT2D eigenvalue weighted by Gasteiger charge is -1.99. The van der Waals surface area contributed by atoms with Gasteiger partial charge in [0.15, 0.2) is 0 Å². The molecule has 0 radical (unpaired) electrons. The third-order valence-corrected chi connectivity index (χ3v) is 3.78. The van der Waals surface area contributed by atoms with Gasteiger partial charge in [0.1, 0.15) is 5.82 Å². The fourth-order valence-electron chi connectivity index (χ4n) is 1.32. The van der Waals surface area contributed by atoms with E-state index in [1.165, 1.54) is 17.8 Å². The van der Waals surface area contributed by atoms with Crippen LogP contribution in [0.15, 0.2) is 33.9 Å². The van der Waals surface area contributed by atoms with Crippen molar-refractivity contribution < 1.29 is 17.2 Å². The highest BCUT2D eigenvalue weighted by Crippen LogP contribution is 2.22. The summed E-state index contributed by atoms with van der Waals surface area (Å²) >= 11 is 1.18. The molecule has 0 aliphatic heterocycles. The number of nitrogens with one attached hydrogen (secondary N) is 1. The van der Waals surface area contributed by atoms with E-state index in [4.69, 9.17) is 4.42 Å². The van der Waals surface area contributed by atoms with Crippen LogP contribution in [-0.4, -0.2) is 24.9 Å². The van der Waals surface area contributed by atoms with Gasteiger partial charge in [0, 0.05) is 5.75 Å². The SMILES string of the molecule is CS(=O)(=O)NCc1nnc(SCc2ccccc2F)o1. The Morgan fingerprint density at radius 3 is 2.80 bits per heavy atom. The predicted octanol–water partition coefficient (Wildman–Crippen LogP) is 1.55. The normalized spacial score (nSPS) is 11.7. The van der Waals surface area contributed by atoms with Crippen molar-refractivity contribution in [2.24, 2.45) is 0 Å². The van der Waals surface area contributed by atoms with Gasteiger partial charge in [-0.25, -0.2) is 17.5 Å². The minimum atomic E-state index is -3.31. The van der Waals surface area contributed by atoms with Crippen LogP contribution in [0.3, 0.4) is 0 Å². The van der Waals surface area contributed by atoms with Gasteiger partial charge in [0.2, 0.25) is 15.9 Å². The van der Waals surface area contributed by atoms with Gasteiger partial charge in [0.25, 0.3) is 5.22 Å². The van der Waals surface area contributed by atoms with Crippen molar-refractivity contribution in [3.8, 4) is 0 Å². The lowest BCUT2D eigenvalue weighted by Crippen LogP contribution is -2.21. The number of aromatic nitrogens is 2. The number of nitrogens with zero attached hydrogens (tertiary/aromatic N) is 2. The van der Waals surface area contributed by atoms with Gasteiger partial charge in [-0.3, -0.25) is 0 Å². The molecule has 108 valence electrons. The molecule has 1 heterocycles. The van der Waals surface area contributed by atoms with Crippen LogP contribution in [0.5, 0.6) is 0 Å². The van der Waals surface area contributed by atoms with Crippen LogP contribution in [0.2, 0.25) is 0 Å². The molecule has 0 unspecified atom stereocenters. The Morgan fingerprint density at radius 1 is 1.35 bits per heavy atom. The number of rotatable bonds is 6. The first-order chi connectivity index (χ1) is 9.44. The molecule has 0 aliphatic rings. The fourth-order valence-corrected chi connectivity index (χ4v) is 2.47. The van der Waals surface area contributed by atoms with Crippen molar-refractivity contribution in [3.63, 3.8) is 0 Å². The Kier molecular flexibility index (Phi) is 4.73. The van der Waals surface area contributed by atoms with Crippen molar-refractivity contribution in [2.45, 2.75) is 17.5 Å². The van der Waals surface area contributed by atoms with Crippen molar-refractivity contribution in [1.29, 1.82) is 0 Å². The third-order valence-electron chi connectivity index (χ3n) is 2.24. The van der Waals surface area contributed by atoms with Gasteiger partial charge >= 0.3 is 0 Å². The zero-order chi connectivity index (χ0) is 14.6. The molecule has 0 saturated heterocycles. The van der Waals surface area contributed by atoms with Gasteiger partial charge in [-0.15, -0.1) is 10.2 Å². The average Bonchev–Trinajstić information content (AvgIpc) is 2.83. The maximum absolute atomic E-state index is 13.4. The van der Waals surface area contributed by atoms with E-state index >= 15 is 0 Å². The number of hydrogen-bond donors (Lipinski definition) is 1. The maximum atomic E-state index is 13.4. The van der Waals surface area contributed by atoms with Gasteiger partial charge in [-0.1, -0.05) is 30.0 Å². The lowest BCUT2D eigenvalue weighted by atomic mass is 10.2. The minimum Gasteiger partial charge on any atom is -0.414 e. The summed E-state index contributed by atoms with van der Waals surface area (Å²) in [6.07, 6.45) is 1.04. The molecule has 0 amide bonds. The number of sulfonamides is 1. The Morgan fingerprint density at radius 2 is 2.10 bits per heavy atom. The molecule has 1 aromatic heterocycles. The molecule has 0 bridgehead atoms. The summed E-state index contributed by atoms with van der Waals surface area (Å²) < 4.78 is 42.7. The van der Waals surface area contributed by atoms with Crippen LogP contribution in [-0.2, 0) is 22.3 Å². The summed E-state index contributed by atoms with van der Waals surface area (Å²) in [6.45, 7) is -0.0634. The zero-order valence-corrected chi connectivity index (χ0v) is 12.2. The molecule has 1 aromatic carbocycles. The van der Waals surface area contributed by atoms with Crippen LogP contribution in [0.1, 0.15) is 11.5 Å². The lowest BCUT2D eigenvalue weighted by molar-refractivity contribution is 0.409. The van der Waals surface area contributed by atoms with Crippen LogP contribution >= 0.6 is 11.8 Å². The molecule has 20 heavy (non-hydrogen) atoms. The fraction of sp³-hybridized carbons (Fsp3) is 0.273. The molecule has 1 N–H and O–H groups in total. The smallest absolute Gasteiger partial charge is 0.276 e. The summed E-state index contributed by atoms with van der Waals surface area (Å²) in [7, 11) is -3.31. The standard InChI is InChI=1S/C11H12FN3O3S2/c1-20(16,17)13-6-10-14-15-11(18-10)19-7-8-4-2-3-5-9(8)12/h2-5,13H,6-7H2,1H3. The zero-order valence-electron chi connectivity index (χ0n) is 10.5. The summed E-state index contributed by atoms with van der Waals surface area (Å²) in [5.74, 6) is 0.221. The summed E-state index contributed by atoms with van der Waals surface area (Å²) in [6, 6.07) is 6.41. The van der Waals surface area contributed by atoms with E-state index in [0.29, 0.717) is 11.3 Å². The molecule has 2 rings (SSSR count). The first-order valence-corrected chi connectivity index (χ1v) is 8.45. The number of benzene rings is 1. The van der Waals surface area contributed by atoms with Crippen molar-refractivity contribution >= 4 is 21.8 Å². The van der Waals surface area contributed by atoms with Crippen LogP contribution < -0.4 is 4.72 Å². The topological polar surface area (TPSA) is 85.1 Å². The molecule has 2 aromatic rings. The second kappa shape index (κ2) is 6.33. The van der Waals surface area contributed by atoms with Crippen LogP contribution in [0, 0.1) is 5.82 Å². The molecule has 9 heteroatoms. The first kappa shape index (κ1) is 14.9. The molecule has 0 saturated carbocycles. The second-order valence-corrected chi connectivity index (χ2v) is 6.69. The predicted molar refractivity (Wildman–Crippen MR) is 71.9 cm³/mol. The highest BCUT2D eigenvalue weighted by Gasteiger charge is 2.10. The van der Waals surface area contributed by atoms with Gasteiger partial charge < -0.3 is 4.42 Å². The second-order valence-electron chi connectivity index (χ2n) is 3.94. The number of thioether (sulfide) groups is 1. The Balaban J connectivity index is 1.92. The number of hydrogen-bond acceptors (Lipinski definition) is 6. The largest absolute Gasteiger partial charge is 0.414 e. The van der Waals surface area contributed by atoms with Gasteiger partial charge in [0.05, 0.1) is 12.8 Å². The summed E-state index contributed by atoms with van der Waals surface area (Å²) in [5.41, 5.74) is 0.534. The van der Waals surface area contributed by atoms with E-state index in [1.54, 1.807) is 18.2 Å². The Bertz CT molecular complexity index is 688. The van der Waals surface area contributed by atoms with Crippen LogP contribution in [0.4, 0.5) is 4.39 Å². The van der Waals surface area contributed by atoms with Gasteiger partial charge in [-0.05, 0) is 11.6 Å². The Hall–Kier alpha value is -1.45. The van der Waals surface area contributed by atoms with E-state index in [2.05, 4.69) is 14.9 Å². The van der Waals surface area contributed by atoms with Gasteiger partial charge in [-0.2, -0.15) is 0 Å². The number of halogens is 1. The van der Waals surface area contributed by atoms with E-state index in [9.17, 15) is 12.8 Å². The third kappa shape index (κ3) is 4.58. The van der Waals surface area contributed by atoms with E-state index in [-0.39, 0.29) is 23.5 Å². The minimum absolute atomic E-state index is 0.0634. The highest BCUT2D eigenvalue weighted by atomic mass is 32.2. The van der Waals surface area contributed by atoms with Crippen molar-refractivity contribution in [2.75, 3.05) is 6.26 Å². The molecule has 0 aliphatic carbocycles. The molecule has 0 spiro atoms. The monoisotopic (exact) mass is 317 g/mol. The molecular weight excluding hydrogens is 305 g/mol. The molecule has 0 atom stereocenters. The maximum Gasteiger partial charge on any atom is 0.276 e. The average molecular weight is 317 g/mol. The molecular formula is C11H12FN3O3S2. The molecule has 6 nitrogen and oxygen atoms in total. The van der Waals surface area contributed by atoms with Crippen molar-refractivity contribution in [3.05, 3.63) is 41.5 Å². The quantitative estimate of drug-likeness (QED) is 0.814. The highest BCUT2D eigenvalue weighted by molar-refractivity contribution is 7.98. The van der Waals surface area contributed by atoms with Crippen LogP contribution in [0.25, 0.3) is 0 Å². The molecule has 0 fully saturated rings. The Labute approximate surface area is 119 Å². The van der Waals surface area contributed by atoms with E-state index in [0.717, 1.165) is 6.26 Å². The first-order valence-electron chi connectivity index (χ1n) is 5.57. The van der Waals surface area contributed by atoms with E-state index in [1.807, 2.05) is 0 Å². The summed E-state index contributed by atoms with van der Waals surface area (Å²) in [4.78, 5) is 0. The van der Waals surface area contributed by atoms with Crippen molar-refractivity contribution in [1.82, 2.24) is 14.9 Å². The van der Waals surface area contributed by atoms with E-state index < -0.39 is 10.0 Å².